The van der Waals surface area contributed by atoms with Crippen LogP contribution in [0.15, 0.2) is 24.3 Å². The highest BCUT2D eigenvalue weighted by Crippen LogP contribution is 2.47. The highest BCUT2D eigenvalue weighted by atomic mass is 14.4. The van der Waals surface area contributed by atoms with E-state index in [0.29, 0.717) is 10.8 Å². The molecular formula is C27H41N. The van der Waals surface area contributed by atoms with E-state index in [1.54, 1.807) is 0 Å². The third-order valence-electron chi connectivity index (χ3n) is 8.02. The minimum atomic E-state index is 0.384. The molecule has 2 aliphatic carbocycles. The Kier molecular flexibility index (Phi) is 8.01. The van der Waals surface area contributed by atoms with Crippen LogP contribution >= 0.6 is 0 Å². The van der Waals surface area contributed by atoms with Crippen molar-refractivity contribution in [3.05, 3.63) is 35.4 Å². The number of nitrogens with zero attached hydrogens (tertiary/aromatic N) is 1. The molecule has 3 rings (SSSR count). The monoisotopic (exact) mass is 379 g/mol. The van der Waals surface area contributed by atoms with E-state index in [2.05, 4.69) is 25.1 Å². The van der Waals surface area contributed by atoms with Gasteiger partial charge in [-0.2, -0.15) is 5.26 Å². The molecule has 1 aromatic carbocycles. The van der Waals surface area contributed by atoms with Crippen molar-refractivity contribution in [3.63, 3.8) is 0 Å². The maximum atomic E-state index is 9.14. The molecule has 0 saturated heterocycles. The van der Waals surface area contributed by atoms with Crippen molar-refractivity contribution >= 4 is 0 Å². The van der Waals surface area contributed by atoms with Crippen LogP contribution < -0.4 is 0 Å². The Bertz CT molecular complexity index is 609. The molecule has 0 aliphatic heterocycles. The second-order valence-electron chi connectivity index (χ2n) is 9.90. The predicted molar refractivity (Wildman–Crippen MR) is 119 cm³/mol. The fourth-order valence-electron chi connectivity index (χ4n) is 6.25. The molecule has 1 nitrogen and oxygen atoms in total. The molecule has 0 spiro atoms. The van der Waals surface area contributed by atoms with Crippen LogP contribution in [-0.2, 0) is 5.41 Å². The van der Waals surface area contributed by atoms with Crippen molar-refractivity contribution in [2.24, 2.45) is 5.41 Å². The van der Waals surface area contributed by atoms with Crippen LogP contribution in [0.2, 0.25) is 0 Å². The molecule has 0 bridgehead atoms. The summed E-state index contributed by atoms with van der Waals surface area (Å²) in [7, 11) is 0. The second-order valence-corrected chi connectivity index (χ2v) is 9.90. The number of benzene rings is 1. The summed E-state index contributed by atoms with van der Waals surface area (Å²) in [4.78, 5) is 0. The highest BCUT2D eigenvalue weighted by Gasteiger charge is 2.34. The zero-order valence-corrected chi connectivity index (χ0v) is 18.3. The molecule has 28 heavy (non-hydrogen) atoms. The Morgan fingerprint density at radius 2 is 1.32 bits per heavy atom. The van der Waals surface area contributed by atoms with E-state index in [9.17, 15) is 0 Å². The van der Waals surface area contributed by atoms with Gasteiger partial charge in [-0.3, -0.25) is 0 Å². The average molecular weight is 380 g/mol. The van der Waals surface area contributed by atoms with Gasteiger partial charge >= 0.3 is 0 Å². The van der Waals surface area contributed by atoms with Gasteiger partial charge in [-0.1, -0.05) is 83.3 Å². The summed E-state index contributed by atoms with van der Waals surface area (Å²) >= 11 is 0. The van der Waals surface area contributed by atoms with E-state index >= 15 is 0 Å². The summed E-state index contributed by atoms with van der Waals surface area (Å²) in [6, 6.07) is 10.9. The number of hydrogen-bond acceptors (Lipinski definition) is 1. The van der Waals surface area contributed by atoms with Gasteiger partial charge in [0.1, 0.15) is 0 Å². The molecule has 0 unspecified atom stereocenters. The molecule has 2 saturated carbocycles. The van der Waals surface area contributed by atoms with Crippen molar-refractivity contribution < 1.29 is 0 Å². The quantitative estimate of drug-likeness (QED) is 0.395. The van der Waals surface area contributed by atoms with Crippen molar-refractivity contribution in [2.75, 3.05) is 0 Å². The normalized spacial score (nSPS) is 21.1. The minimum Gasteiger partial charge on any atom is -0.192 e. The summed E-state index contributed by atoms with van der Waals surface area (Å²) < 4.78 is 0. The molecule has 0 amide bonds. The molecule has 1 aromatic rings. The molecular weight excluding hydrogens is 338 g/mol. The van der Waals surface area contributed by atoms with Crippen LogP contribution in [0.25, 0.3) is 0 Å². The third-order valence-corrected chi connectivity index (χ3v) is 8.02. The Morgan fingerprint density at radius 3 is 1.93 bits per heavy atom. The van der Waals surface area contributed by atoms with Crippen molar-refractivity contribution in [3.8, 4) is 6.07 Å². The van der Waals surface area contributed by atoms with E-state index in [1.165, 1.54) is 115 Å². The maximum absolute atomic E-state index is 9.14. The maximum Gasteiger partial charge on any atom is 0.0991 e. The smallest absolute Gasteiger partial charge is 0.0991 e. The predicted octanol–water partition coefficient (Wildman–Crippen LogP) is 8.46. The Labute approximate surface area is 173 Å². The molecule has 1 heteroatoms. The second kappa shape index (κ2) is 10.5. The first-order chi connectivity index (χ1) is 13.7. The SMILES string of the molecule is CCCCC1(CCCCC2(c3ccc(C#N)cc3)CCCCC2)CCCCC1. The van der Waals surface area contributed by atoms with Crippen molar-refractivity contribution in [1.82, 2.24) is 0 Å². The lowest BCUT2D eigenvalue weighted by molar-refractivity contribution is 0.145. The lowest BCUT2D eigenvalue weighted by atomic mass is 9.65. The first-order valence-electron chi connectivity index (χ1n) is 12.2. The van der Waals surface area contributed by atoms with Gasteiger partial charge in [0.2, 0.25) is 0 Å². The van der Waals surface area contributed by atoms with Gasteiger partial charge in [0.15, 0.2) is 0 Å². The van der Waals surface area contributed by atoms with Gasteiger partial charge in [0, 0.05) is 0 Å². The standard InChI is InChI=1S/C27H41N/c1-2-3-16-26(17-6-4-7-18-26)19-10-11-22-27(20-8-5-9-21-27)25-14-12-24(23-28)13-15-25/h12-15H,2-11,16-22H2,1H3. The molecule has 0 heterocycles. The van der Waals surface area contributed by atoms with Crippen molar-refractivity contribution in [2.45, 2.75) is 121 Å². The first kappa shape index (κ1) is 21.4. The van der Waals surface area contributed by atoms with Gasteiger partial charge in [-0.05, 0) is 73.5 Å². The van der Waals surface area contributed by atoms with Crippen molar-refractivity contribution in [1.29, 1.82) is 5.26 Å². The van der Waals surface area contributed by atoms with Crippen LogP contribution in [-0.4, -0.2) is 0 Å². The number of hydrogen-bond donors (Lipinski definition) is 0. The van der Waals surface area contributed by atoms with Gasteiger partial charge in [0.05, 0.1) is 11.6 Å². The van der Waals surface area contributed by atoms with Gasteiger partial charge in [-0.15, -0.1) is 0 Å². The fraction of sp³-hybridized carbons (Fsp3) is 0.741. The molecule has 0 radical (unpaired) electrons. The van der Waals surface area contributed by atoms with E-state index < -0.39 is 0 Å². The van der Waals surface area contributed by atoms with Crippen LogP contribution in [0.4, 0.5) is 0 Å². The number of nitriles is 1. The van der Waals surface area contributed by atoms with Crippen LogP contribution in [0.1, 0.15) is 127 Å². The zero-order valence-electron chi connectivity index (χ0n) is 18.3. The minimum absolute atomic E-state index is 0.384. The summed E-state index contributed by atoms with van der Waals surface area (Å²) in [5.41, 5.74) is 3.37. The van der Waals surface area contributed by atoms with E-state index in [4.69, 9.17) is 5.26 Å². The summed E-state index contributed by atoms with van der Waals surface area (Å²) in [6.07, 6.45) is 24.1. The molecule has 2 fully saturated rings. The van der Waals surface area contributed by atoms with Gasteiger partial charge in [0.25, 0.3) is 0 Å². The van der Waals surface area contributed by atoms with Gasteiger partial charge < -0.3 is 0 Å². The number of unbranched alkanes of at least 4 members (excludes halogenated alkanes) is 2. The molecule has 0 N–H and O–H groups in total. The molecule has 0 atom stereocenters. The summed E-state index contributed by atoms with van der Waals surface area (Å²) in [6.45, 7) is 2.35. The zero-order chi connectivity index (χ0) is 19.7. The topological polar surface area (TPSA) is 23.8 Å². The largest absolute Gasteiger partial charge is 0.192 e. The van der Waals surface area contributed by atoms with E-state index in [-0.39, 0.29) is 0 Å². The molecule has 0 aromatic heterocycles. The van der Waals surface area contributed by atoms with Crippen LogP contribution in [0.5, 0.6) is 0 Å². The van der Waals surface area contributed by atoms with Gasteiger partial charge in [-0.25, -0.2) is 0 Å². The first-order valence-corrected chi connectivity index (χ1v) is 12.2. The van der Waals surface area contributed by atoms with Crippen LogP contribution in [0.3, 0.4) is 0 Å². The van der Waals surface area contributed by atoms with Crippen LogP contribution in [0, 0.1) is 16.7 Å². The summed E-state index contributed by atoms with van der Waals surface area (Å²) in [5, 5.41) is 9.14. The highest BCUT2D eigenvalue weighted by molar-refractivity contribution is 5.35. The van der Waals surface area contributed by atoms with E-state index in [0.717, 1.165) is 5.56 Å². The lowest BCUT2D eigenvalue weighted by Gasteiger charge is -2.40. The molecule has 2 aliphatic rings. The Balaban J connectivity index is 1.59. The lowest BCUT2D eigenvalue weighted by Crippen LogP contribution is -2.29. The van der Waals surface area contributed by atoms with E-state index in [1.807, 2.05) is 12.1 Å². The molecule has 154 valence electrons. The Hall–Kier alpha value is -1.29. The summed E-state index contributed by atoms with van der Waals surface area (Å²) in [5.74, 6) is 0. The average Bonchev–Trinajstić information content (AvgIpc) is 2.77. The number of rotatable bonds is 9. The Morgan fingerprint density at radius 1 is 0.750 bits per heavy atom. The fourth-order valence-corrected chi connectivity index (χ4v) is 6.25. The third kappa shape index (κ3) is 5.40.